The third kappa shape index (κ3) is 9.56. The summed E-state index contributed by atoms with van der Waals surface area (Å²) in [6, 6.07) is -1.92. The predicted molar refractivity (Wildman–Crippen MR) is 134 cm³/mol. The first-order chi connectivity index (χ1) is 14.5. The van der Waals surface area contributed by atoms with E-state index in [1.165, 1.54) is 0 Å². The minimum Gasteiger partial charge on any atom is -0.480 e. The second kappa shape index (κ2) is 13.3. The zero-order valence-electron chi connectivity index (χ0n) is 20.8. The molecule has 0 aliphatic heterocycles. The number of aliphatic carboxylic acids is 1. The van der Waals surface area contributed by atoms with Gasteiger partial charge >= 0.3 is 5.97 Å². The van der Waals surface area contributed by atoms with E-state index in [-0.39, 0.29) is 47.8 Å². The summed E-state index contributed by atoms with van der Waals surface area (Å²) in [5.41, 5.74) is 0.0197. The molecule has 0 rings (SSSR count). The van der Waals surface area contributed by atoms with E-state index in [4.69, 9.17) is 0 Å². The molecule has 0 aliphatic rings. The predicted octanol–water partition coefficient (Wildman–Crippen LogP) is 3.34. The highest BCUT2D eigenvalue weighted by molar-refractivity contribution is 14.1. The summed E-state index contributed by atoms with van der Waals surface area (Å²) in [4.78, 5) is 50.8. The molecular formula is C23H40IN3O5. The summed E-state index contributed by atoms with van der Waals surface area (Å²) < 4.78 is 3.05. The van der Waals surface area contributed by atoms with Gasteiger partial charge in [-0.05, 0) is 24.7 Å². The lowest BCUT2D eigenvalue weighted by molar-refractivity contribution is -0.141. The second-order valence-electron chi connectivity index (χ2n) is 9.97. The molecule has 0 saturated heterocycles. The fourth-order valence-electron chi connectivity index (χ4n) is 3.12. The van der Waals surface area contributed by atoms with Crippen molar-refractivity contribution < 1.29 is 24.3 Å². The monoisotopic (exact) mass is 565 g/mol. The number of amides is 2. The highest BCUT2D eigenvalue weighted by Gasteiger charge is 2.35. The van der Waals surface area contributed by atoms with Crippen LogP contribution in [0.25, 0.3) is 0 Å². The van der Waals surface area contributed by atoms with Gasteiger partial charge in [0, 0.05) is 47.8 Å². The average Bonchev–Trinajstić information content (AvgIpc) is 2.66. The Hall–Kier alpha value is -1.49. The molecule has 0 heterocycles. The minimum atomic E-state index is -1.18. The van der Waals surface area contributed by atoms with Crippen molar-refractivity contribution in [2.24, 2.45) is 17.3 Å². The summed E-state index contributed by atoms with van der Waals surface area (Å²) in [7, 11) is 1.71. The maximum atomic E-state index is 13.1. The van der Waals surface area contributed by atoms with Crippen molar-refractivity contribution in [1.82, 2.24) is 13.7 Å². The molecule has 0 saturated carbocycles. The Morgan fingerprint density at radius 3 is 2.00 bits per heavy atom. The molecule has 184 valence electrons. The van der Waals surface area contributed by atoms with Crippen LogP contribution in [0.3, 0.4) is 0 Å². The van der Waals surface area contributed by atoms with Gasteiger partial charge in [-0.2, -0.15) is 0 Å². The maximum Gasteiger partial charge on any atom is 0.326 e. The Bertz CT molecular complexity index is 713. The van der Waals surface area contributed by atoms with Crippen molar-refractivity contribution in [3.05, 3.63) is 11.6 Å². The van der Waals surface area contributed by atoms with Crippen molar-refractivity contribution in [2.45, 2.75) is 86.4 Å². The number of carbonyl (C=O) groups is 4. The topological polar surface area (TPSA) is 116 Å². The second-order valence-corrected chi connectivity index (χ2v) is 10.6. The Morgan fingerprint density at radius 2 is 1.62 bits per heavy atom. The Morgan fingerprint density at radius 1 is 1.09 bits per heavy atom. The Labute approximate surface area is 206 Å². The van der Waals surface area contributed by atoms with Crippen molar-refractivity contribution in [3.63, 3.8) is 0 Å². The van der Waals surface area contributed by atoms with E-state index in [1.807, 2.05) is 57.5 Å². The third-order valence-electron chi connectivity index (χ3n) is 5.41. The van der Waals surface area contributed by atoms with Gasteiger partial charge < -0.3 is 15.3 Å². The highest BCUT2D eigenvalue weighted by Crippen LogP contribution is 2.24. The normalized spacial score (nSPS) is 15.3. The molecule has 0 aromatic heterocycles. The molecule has 0 bridgehead atoms. The van der Waals surface area contributed by atoms with Crippen molar-refractivity contribution in [3.8, 4) is 0 Å². The largest absolute Gasteiger partial charge is 0.480 e. The van der Waals surface area contributed by atoms with Crippen LogP contribution >= 0.6 is 22.9 Å². The molecule has 0 fully saturated rings. The van der Waals surface area contributed by atoms with E-state index in [1.54, 1.807) is 38.8 Å². The molecular weight excluding hydrogens is 525 g/mol. The number of hydrogen-bond donors (Lipinski definition) is 3. The zero-order valence-corrected chi connectivity index (χ0v) is 22.9. The van der Waals surface area contributed by atoms with Gasteiger partial charge in [-0.1, -0.05) is 54.5 Å². The molecule has 0 aromatic rings. The van der Waals surface area contributed by atoms with Gasteiger partial charge in [-0.15, -0.1) is 0 Å². The van der Waals surface area contributed by atoms with E-state index in [0.717, 1.165) is 0 Å². The van der Waals surface area contributed by atoms with Crippen molar-refractivity contribution in [2.75, 3.05) is 7.05 Å². The number of Topliss-reactive ketones (excluding diaryl/α,β-unsaturated/α-hetero) is 1. The van der Waals surface area contributed by atoms with Gasteiger partial charge in [0.2, 0.25) is 11.8 Å². The van der Waals surface area contributed by atoms with Crippen LogP contribution in [-0.4, -0.2) is 58.7 Å². The Kier molecular flexibility index (Phi) is 12.7. The number of ketones is 1. The molecule has 0 aliphatic carbocycles. The molecule has 9 heteroatoms. The first-order valence-electron chi connectivity index (χ1n) is 10.9. The van der Waals surface area contributed by atoms with E-state index in [0.29, 0.717) is 5.57 Å². The maximum absolute atomic E-state index is 13.1. The van der Waals surface area contributed by atoms with E-state index >= 15 is 0 Å². The molecule has 1 unspecified atom stereocenters. The van der Waals surface area contributed by atoms with E-state index < -0.39 is 24.0 Å². The van der Waals surface area contributed by atoms with Crippen LogP contribution < -0.4 is 8.85 Å². The van der Waals surface area contributed by atoms with Gasteiger partial charge in [-0.3, -0.25) is 14.4 Å². The quantitative estimate of drug-likeness (QED) is 0.190. The third-order valence-corrected chi connectivity index (χ3v) is 6.03. The van der Waals surface area contributed by atoms with Gasteiger partial charge in [-0.25, -0.2) is 8.32 Å². The number of carbonyl (C=O) groups excluding carboxylic acids is 3. The van der Waals surface area contributed by atoms with E-state index in [9.17, 15) is 24.3 Å². The zero-order chi connectivity index (χ0) is 25.4. The fourth-order valence-corrected chi connectivity index (χ4v) is 4.32. The van der Waals surface area contributed by atoms with Crippen molar-refractivity contribution in [1.29, 1.82) is 0 Å². The average molecular weight is 565 g/mol. The first-order valence-corrected chi connectivity index (χ1v) is 12.0. The number of nitrogens with zero attached hydrogens (tertiary/aromatic N) is 1. The molecule has 32 heavy (non-hydrogen) atoms. The van der Waals surface area contributed by atoms with E-state index in [2.05, 4.69) is 8.85 Å². The molecule has 0 radical (unpaired) electrons. The number of likely N-dealkylation sites (N-methyl/N-ethyl adjacent to an activating group) is 1. The highest BCUT2D eigenvalue weighted by atomic mass is 127. The lowest BCUT2D eigenvalue weighted by atomic mass is 9.86. The summed E-state index contributed by atoms with van der Waals surface area (Å²) in [6.45, 7) is 14.9. The lowest BCUT2D eigenvalue weighted by Gasteiger charge is -2.36. The molecule has 0 spiro atoms. The number of hydrogen-bond acceptors (Lipinski definition) is 5. The smallest absolute Gasteiger partial charge is 0.326 e. The first kappa shape index (κ1) is 30.5. The van der Waals surface area contributed by atoms with Crippen LogP contribution in [0.2, 0.25) is 0 Å². The fraction of sp³-hybridized carbons (Fsp3) is 0.739. The van der Waals surface area contributed by atoms with Gasteiger partial charge in [0.1, 0.15) is 17.9 Å². The minimum absolute atomic E-state index is 0.0282. The summed E-state index contributed by atoms with van der Waals surface area (Å²) in [5.74, 6) is -2.01. The van der Waals surface area contributed by atoms with Crippen LogP contribution in [0.15, 0.2) is 11.6 Å². The van der Waals surface area contributed by atoms with Gasteiger partial charge in [0.25, 0.3) is 0 Å². The summed E-state index contributed by atoms with van der Waals surface area (Å²) in [6.07, 6.45) is 1.82. The van der Waals surface area contributed by atoms with Crippen molar-refractivity contribution >= 4 is 46.4 Å². The van der Waals surface area contributed by atoms with Crippen LogP contribution in [0.4, 0.5) is 0 Å². The van der Waals surface area contributed by atoms with Crippen LogP contribution in [0.1, 0.15) is 68.2 Å². The molecule has 8 nitrogen and oxygen atoms in total. The number of carboxylic acid groups (broad SMARTS) is 1. The van der Waals surface area contributed by atoms with Gasteiger partial charge in [0.15, 0.2) is 0 Å². The van der Waals surface area contributed by atoms with Gasteiger partial charge in [0.05, 0.1) is 6.04 Å². The molecule has 3 atom stereocenters. The SMILES string of the molecule is C/C(=C\[C@H](C(C)C)N(C)C(=O)[C@@H](NI)C(C)(C)C)C(=O)NC(CCC(=O)C(C)C)C(=O)O. The summed E-state index contributed by atoms with van der Waals surface area (Å²) in [5, 5.41) is 12.0. The number of carboxylic acids is 1. The standard InChI is InChI=1S/C23H40IN3O5/c1-13(2)17(27(9)21(30)19(26-24)23(6,7)8)12-15(5)20(29)25-16(22(31)32)10-11-18(28)14(3)4/h12-14,16-17,19,26H,10-11H2,1-9H3,(H,25,29)(H,31,32)/b15-12+/t16?,17-,19-/m1/s1. The van der Waals surface area contributed by atoms with Crippen LogP contribution in [0.5, 0.6) is 0 Å². The molecule has 3 N–H and O–H groups in total. The number of rotatable bonds is 12. The molecule has 2 amide bonds. The van der Waals surface area contributed by atoms with Crippen LogP contribution in [-0.2, 0) is 19.2 Å². The Balaban J connectivity index is 5.54. The number of nitrogens with one attached hydrogen (secondary N) is 2. The number of halogens is 1. The summed E-state index contributed by atoms with van der Waals surface area (Å²) >= 11 is 1.98. The lowest BCUT2D eigenvalue weighted by Crippen LogP contribution is -2.52. The molecule has 0 aromatic carbocycles. The van der Waals surface area contributed by atoms with Crippen LogP contribution in [0, 0.1) is 17.3 Å².